The topological polar surface area (TPSA) is 30.5 Å². The molecule has 0 amide bonds. The Kier molecular flexibility index (Phi) is 7.92. The summed E-state index contributed by atoms with van der Waals surface area (Å²) in [7, 11) is 1.62. The highest BCUT2D eigenvalue weighted by Gasteiger charge is 2.15. The largest absolute Gasteiger partial charge is 0.493 e. The van der Waals surface area contributed by atoms with Crippen LogP contribution in [0.3, 0.4) is 0 Å². The van der Waals surface area contributed by atoms with Gasteiger partial charge in [-0.1, -0.05) is 57.9 Å². The van der Waals surface area contributed by atoms with E-state index < -0.39 is 0 Å². The van der Waals surface area contributed by atoms with Crippen molar-refractivity contribution < 1.29 is 13.9 Å². The Labute approximate surface area is 183 Å². The first-order chi connectivity index (χ1) is 14.1. The molecule has 0 heterocycles. The van der Waals surface area contributed by atoms with Crippen molar-refractivity contribution in [2.24, 2.45) is 0 Å². The van der Waals surface area contributed by atoms with E-state index in [4.69, 9.17) is 21.1 Å². The highest BCUT2D eigenvalue weighted by molar-refractivity contribution is 9.10. The quantitative estimate of drug-likeness (QED) is 0.374. The molecule has 0 aromatic heterocycles. The van der Waals surface area contributed by atoms with E-state index in [1.54, 1.807) is 19.2 Å². The minimum absolute atomic E-state index is 0.177. The lowest BCUT2D eigenvalue weighted by Crippen LogP contribution is -2.18. The zero-order valence-electron chi connectivity index (χ0n) is 16.1. The Morgan fingerprint density at radius 1 is 1.03 bits per heavy atom. The molecule has 0 saturated carbocycles. The molecule has 0 fully saturated rings. The zero-order chi connectivity index (χ0) is 20.6. The molecule has 0 unspecified atom stereocenters. The van der Waals surface area contributed by atoms with Crippen LogP contribution in [0, 0.1) is 5.82 Å². The number of nitrogens with one attached hydrogen (secondary N) is 1. The van der Waals surface area contributed by atoms with Crippen LogP contribution in [0.15, 0.2) is 65.1 Å². The normalized spacial score (nSPS) is 10.8. The maximum atomic E-state index is 13.8. The Hall–Kier alpha value is -2.08. The minimum atomic E-state index is -0.177. The van der Waals surface area contributed by atoms with Crippen molar-refractivity contribution in [2.75, 3.05) is 13.7 Å². The Bertz CT molecular complexity index is 950. The van der Waals surface area contributed by atoms with Gasteiger partial charge in [-0.05, 0) is 54.4 Å². The summed E-state index contributed by atoms with van der Waals surface area (Å²) < 4.78 is 26.3. The molecule has 3 aromatic rings. The van der Waals surface area contributed by atoms with E-state index in [0.717, 1.165) is 15.6 Å². The van der Waals surface area contributed by atoms with Crippen molar-refractivity contribution in [3.05, 3.63) is 92.7 Å². The smallest absolute Gasteiger partial charge is 0.167 e. The third-order valence-corrected chi connectivity index (χ3v) is 5.51. The fraction of sp³-hybridized carbons (Fsp3) is 0.217. The van der Waals surface area contributed by atoms with Crippen molar-refractivity contribution in [2.45, 2.75) is 19.6 Å². The van der Waals surface area contributed by atoms with E-state index in [9.17, 15) is 4.39 Å². The van der Waals surface area contributed by atoms with Crippen LogP contribution >= 0.6 is 27.5 Å². The van der Waals surface area contributed by atoms with Crippen LogP contribution in [-0.4, -0.2) is 13.7 Å². The molecule has 0 bridgehead atoms. The van der Waals surface area contributed by atoms with Gasteiger partial charge in [0.05, 0.1) is 7.11 Å². The van der Waals surface area contributed by atoms with Crippen molar-refractivity contribution in [1.82, 2.24) is 5.32 Å². The average molecular weight is 479 g/mol. The van der Waals surface area contributed by atoms with E-state index in [1.807, 2.05) is 42.5 Å². The van der Waals surface area contributed by atoms with Gasteiger partial charge < -0.3 is 14.8 Å². The highest BCUT2D eigenvalue weighted by Crippen LogP contribution is 2.36. The lowest BCUT2D eigenvalue weighted by atomic mass is 10.1. The van der Waals surface area contributed by atoms with Gasteiger partial charge in [-0.15, -0.1) is 0 Å². The number of rotatable bonds is 9. The molecule has 0 aliphatic rings. The first-order valence-electron chi connectivity index (χ1n) is 9.25. The van der Waals surface area contributed by atoms with E-state index in [-0.39, 0.29) is 5.82 Å². The van der Waals surface area contributed by atoms with Gasteiger partial charge in [0.1, 0.15) is 12.4 Å². The molecule has 0 spiro atoms. The minimum Gasteiger partial charge on any atom is -0.493 e. The number of halogens is 3. The summed E-state index contributed by atoms with van der Waals surface area (Å²) in [5.41, 5.74) is 2.66. The molecule has 1 N–H and O–H groups in total. The summed E-state index contributed by atoms with van der Waals surface area (Å²) in [4.78, 5) is 0. The molecule has 0 aliphatic carbocycles. The number of hydrogen-bond acceptors (Lipinski definition) is 3. The van der Waals surface area contributed by atoms with Crippen molar-refractivity contribution >= 4 is 27.5 Å². The predicted octanol–water partition coefficient (Wildman–Crippen LogP) is 6.16. The maximum absolute atomic E-state index is 13.8. The highest BCUT2D eigenvalue weighted by atomic mass is 79.9. The van der Waals surface area contributed by atoms with Crippen LogP contribution in [0.4, 0.5) is 4.39 Å². The average Bonchev–Trinajstić information content (AvgIpc) is 2.73. The molecular formula is C23H22BrClFNO2. The van der Waals surface area contributed by atoms with Crippen LogP contribution < -0.4 is 14.8 Å². The third-order valence-electron chi connectivity index (χ3n) is 4.51. The summed E-state index contributed by atoms with van der Waals surface area (Å²) >= 11 is 9.55. The van der Waals surface area contributed by atoms with E-state index in [1.165, 1.54) is 6.07 Å². The van der Waals surface area contributed by atoms with Crippen LogP contribution in [0.25, 0.3) is 0 Å². The Morgan fingerprint density at radius 3 is 2.52 bits per heavy atom. The summed E-state index contributed by atoms with van der Waals surface area (Å²) in [5, 5.41) is 4.05. The summed E-state index contributed by atoms with van der Waals surface area (Å²) in [5.74, 6) is 1.16. The second-order valence-electron chi connectivity index (χ2n) is 6.49. The van der Waals surface area contributed by atoms with Crippen LogP contribution in [0.5, 0.6) is 11.5 Å². The van der Waals surface area contributed by atoms with Crippen LogP contribution in [0.1, 0.15) is 16.7 Å². The van der Waals surface area contributed by atoms with E-state index >= 15 is 0 Å². The van der Waals surface area contributed by atoms with Gasteiger partial charge >= 0.3 is 0 Å². The standard InChI is InChI=1S/C23H22BrClFNO2/c1-28-22-11-10-20(24)19(14-27-13-12-17-4-2-3-5-21(17)26)23(22)29-15-16-6-8-18(25)9-7-16/h2-11,27H,12-15H2,1H3. The summed E-state index contributed by atoms with van der Waals surface area (Å²) in [6.07, 6.45) is 0.606. The molecule has 29 heavy (non-hydrogen) atoms. The second-order valence-corrected chi connectivity index (χ2v) is 7.78. The maximum Gasteiger partial charge on any atom is 0.167 e. The van der Waals surface area contributed by atoms with Gasteiger partial charge in [0.2, 0.25) is 0 Å². The van der Waals surface area contributed by atoms with Gasteiger partial charge in [0.15, 0.2) is 11.5 Å². The Balaban J connectivity index is 1.68. The van der Waals surface area contributed by atoms with Gasteiger partial charge in [-0.3, -0.25) is 0 Å². The number of hydrogen-bond donors (Lipinski definition) is 1. The molecule has 0 saturated heterocycles. The third kappa shape index (κ3) is 5.95. The SMILES string of the molecule is COc1ccc(Br)c(CNCCc2ccccc2F)c1OCc1ccc(Cl)cc1. The van der Waals surface area contributed by atoms with Gasteiger partial charge in [0.25, 0.3) is 0 Å². The molecule has 3 aromatic carbocycles. The van der Waals surface area contributed by atoms with Gasteiger partial charge in [0, 0.05) is 21.6 Å². The lowest BCUT2D eigenvalue weighted by Gasteiger charge is -2.17. The molecule has 0 atom stereocenters. The zero-order valence-corrected chi connectivity index (χ0v) is 18.4. The predicted molar refractivity (Wildman–Crippen MR) is 118 cm³/mol. The molecule has 152 valence electrons. The fourth-order valence-corrected chi connectivity index (χ4v) is 3.52. The van der Waals surface area contributed by atoms with Crippen molar-refractivity contribution in [3.8, 4) is 11.5 Å². The number of benzene rings is 3. The molecule has 0 aliphatic heterocycles. The Morgan fingerprint density at radius 2 is 1.79 bits per heavy atom. The summed E-state index contributed by atoms with van der Waals surface area (Å²) in [6.45, 7) is 1.59. The van der Waals surface area contributed by atoms with E-state index in [2.05, 4.69) is 21.2 Å². The monoisotopic (exact) mass is 477 g/mol. The van der Waals surface area contributed by atoms with Crippen LogP contribution in [-0.2, 0) is 19.6 Å². The second kappa shape index (κ2) is 10.6. The number of methoxy groups -OCH3 is 1. The number of ether oxygens (including phenoxy) is 2. The van der Waals surface area contributed by atoms with Gasteiger partial charge in [-0.2, -0.15) is 0 Å². The molecule has 6 heteroatoms. The van der Waals surface area contributed by atoms with Gasteiger partial charge in [-0.25, -0.2) is 4.39 Å². The van der Waals surface area contributed by atoms with Crippen LogP contribution in [0.2, 0.25) is 5.02 Å². The summed E-state index contributed by atoms with van der Waals surface area (Å²) in [6, 6.07) is 18.2. The molecule has 0 radical (unpaired) electrons. The first kappa shape index (κ1) is 21.6. The molecule has 3 nitrogen and oxygen atoms in total. The lowest BCUT2D eigenvalue weighted by molar-refractivity contribution is 0.280. The van der Waals surface area contributed by atoms with Crippen molar-refractivity contribution in [1.29, 1.82) is 0 Å². The fourth-order valence-electron chi connectivity index (χ4n) is 2.94. The van der Waals surface area contributed by atoms with Crippen molar-refractivity contribution in [3.63, 3.8) is 0 Å². The van der Waals surface area contributed by atoms with E-state index in [0.29, 0.717) is 48.2 Å². The molecular weight excluding hydrogens is 457 g/mol. The first-order valence-corrected chi connectivity index (χ1v) is 10.4. The molecule has 3 rings (SSSR count).